The van der Waals surface area contributed by atoms with Crippen LogP contribution in [0.15, 0.2) is 30.3 Å². The zero-order valence-electron chi connectivity index (χ0n) is 12.1. The molecule has 19 heavy (non-hydrogen) atoms. The third kappa shape index (κ3) is 5.88. The zero-order valence-corrected chi connectivity index (χ0v) is 12.1. The van der Waals surface area contributed by atoms with Crippen LogP contribution in [0.2, 0.25) is 0 Å². The second kappa shape index (κ2) is 8.70. The average molecular weight is 262 g/mol. The quantitative estimate of drug-likeness (QED) is 0.757. The standard InChI is InChI=1S/C16H26N2O/c1-13(15-8-4-3-5-9-15)10-12-18-16(19)14(2)7-6-11-17/h3-5,8-9,13-14H,6-7,10-12,17H2,1-2H3,(H,18,19). The molecular weight excluding hydrogens is 236 g/mol. The second-order valence-electron chi connectivity index (χ2n) is 5.22. The molecule has 3 N–H and O–H groups in total. The fourth-order valence-electron chi connectivity index (χ4n) is 2.09. The summed E-state index contributed by atoms with van der Waals surface area (Å²) in [4.78, 5) is 11.8. The summed E-state index contributed by atoms with van der Waals surface area (Å²) >= 11 is 0. The Morgan fingerprint density at radius 3 is 2.53 bits per heavy atom. The van der Waals surface area contributed by atoms with Crippen LogP contribution in [0.3, 0.4) is 0 Å². The van der Waals surface area contributed by atoms with Gasteiger partial charge in [-0.1, -0.05) is 44.2 Å². The molecule has 106 valence electrons. The molecule has 0 fully saturated rings. The highest BCUT2D eigenvalue weighted by Crippen LogP contribution is 2.17. The summed E-state index contributed by atoms with van der Waals surface area (Å²) in [6, 6.07) is 10.4. The van der Waals surface area contributed by atoms with Crippen molar-refractivity contribution in [2.75, 3.05) is 13.1 Å². The maximum atomic E-state index is 11.8. The van der Waals surface area contributed by atoms with Gasteiger partial charge in [0.1, 0.15) is 0 Å². The van der Waals surface area contributed by atoms with E-state index < -0.39 is 0 Å². The van der Waals surface area contributed by atoms with Crippen LogP contribution in [0.5, 0.6) is 0 Å². The number of hydrogen-bond donors (Lipinski definition) is 2. The molecule has 0 saturated carbocycles. The molecule has 1 aromatic rings. The molecule has 1 rings (SSSR count). The van der Waals surface area contributed by atoms with Gasteiger partial charge in [0.05, 0.1) is 0 Å². The average Bonchev–Trinajstić information content (AvgIpc) is 2.45. The molecule has 2 unspecified atom stereocenters. The van der Waals surface area contributed by atoms with Crippen molar-refractivity contribution in [1.82, 2.24) is 5.32 Å². The van der Waals surface area contributed by atoms with Gasteiger partial charge in [0, 0.05) is 12.5 Å². The summed E-state index contributed by atoms with van der Waals surface area (Å²) < 4.78 is 0. The predicted molar refractivity (Wildman–Crippen MR) is 79.9 cm³/mol. The number of nitrogens with two attached hydrogens (primary N) is 1. The molecule has 0 radical (unpaired) electrons. The first-order valence-corrected chi connectivity index (χ1v) is 7.18. The van der Waals surface area contributed by atoms with Crippen LogP contribution in [-0.4, -0.2) is 19.0 Å². The molecule has 0 heterocycles. The summed E-state index contributed by atoms with van der Waals surface area (Å²) in [7, 11) is 0. The van der Waals surface area contributed by atoms with E-state index in [0.29, 0.717) is 12.5 Å². The monoisotopic (exact) mass is 262 g/mol. The van der Waals surface area contributed by atoms with Crippen molar-refractivity contribution in [3.05, 3.63) is 35.9 Å². The highest BCUT2D eigenvalue weighted by Gasteiger charge is 2.12. The van der Waals surface area contributed by atoms with E-state index >= 15 is 0 Å². The predicted octanol–water partition coefficient (Wildman–Crippen LogP) is 2.67. The molecule has 0 aliphatic carbocycles. The SMILES string of the molecule is CC(CCCN)C(=O)NCCC(C)c1ccccc1. The number of rotatable bonds is 8. The molecule has 2 atom stereocenters. The molecule has 0 bridgehead atoms. The van der Waals surface area contributed by atoms with E-state index in [2.05, 4.69) is 36.5 Å². The van der Waals surface area contributed by atoms with Crippen LogP contribution in [-0.2, 0) is 4.79 Å². The van der Waals surface area contributed by atoms with E-state index in [4.69, 9.17) is 5.73 Å². The van der Waals surface area contributed by atoms with Crippen molar-refractivity contribution in [3.63, 3.8) is 0 Å². The molecule has 0 aliphatic heterocycles. The molecule has 1 aromatic carbocycles. The van der Waals surface area contributed by atoms with Crippen LogP contribution >= 0.6 is 0 Å². The van der Waals surface area contributed by atoms with E-state index in [1.807, 2.05) is 13.0 Å². The third-order valence-electron chi connectivity index (χ3n) is 3.53. The Morgan fingerprint density at radius 1 is 1.21 bits per heavy atom. The number of amides is 1. The minimum Gasteiger partial charge on any atom is -0.356 e. The normalized spacial score (nSPS) is 13.8. The molecular formula is C16H26N2O. The van der Waals surface area contributed by atoms with Crippen molar-refractivity contribution in [2.24, 2.45) is 11.7 Å². The van der Waals surface area contributed by atoms with E-state index in [9.17, 15) is 4.79 Å². The van der Waals surface area contributed by atoms with Gasteiger partial charge in [-0.2, -0.15) is 0 Å². The lowest BCUT2D eigenvalue weighted by Crippen LogP contribution is -2.30. The maximum absolute atomic E-state index is 11.8. The lowest BCUT2D eigenvalue weighted by Gasteiger charge is -2.15. The number of carbonyl (C=O) groups excluding carboxylic acids is 1. The van der Waals surface area contributed by atoms with Crippen molar-refractivity contribution in [1.29, 1.82) is 0 Å². The van der Waals surface area contributed by atoms with Crippen molar-refractivity contribution < 1.29 is 4.79 Å². The van der Waals surface area contributed by atoms with Gasteiger partial charge in [-0.15, -0.1) is 0 Å². The Balaban J connectivity index is 2.24. The minimum absolute atomic E-state index is 0.0654. The van der Waals surface area contributed by atoms with Gasteiger partial charge in [-0.3, -0.25) is 4.79 Å². The van der Waals surface area contributed by atoms with Crippen LogP contribution in [0.25, 0.3) is 0 Å². The van der Waals surface area contributed by atoms with E-state index in [-0.39, 0.29) is 11.8 Å². The fourth-order valence-corrected chi connectivity index (χ4v) is 2.09. The van der Waals surface area contributed by atoms with Crippen LogP contribution in [0.4, 0.5) is 0 Å². The van der Waals surface area contributed by atoms with Crippen LogP contribution < -0.4 is 11.1 Å². The zero-order chi connectivity index (χ0) is 14.1. The summed E-state index contributed by atoms with van der Waals surface area (Å²) in [6.45, 7) is 5.55. The molecule has 0 saturated heterocycles. The Hall–Kier alpha value is -1.35. The smallest absolute Gasteiger partial charge is 0.222 e. The Labute approximate surface area is 116 Å². The van der Waals surface area contributed by atoms with Gasteiger partial charge in [0.15, 0.2) is 0 Å². The molecule has 1 amide bonds. The molecule has 0 aromatic heterocycles. The lowest BCUT2D eigenvalue weighted by molar-refractivity contribution is -0.124. The highest BCUT2D eigenvalue weighted by atomic mass is 16.1. The maximum Gasteiger partial charge on any atom is 0.222 e. The van der Waals surface area contributed by atoms with E-state index in [1.54, 1.807) is 0 Å². The number of hydrogen-bond acceptors (Lipinski definition) is 2. The van der Waals surface area contributed by atoms with Gasteiger partial charge in [0.25, 0.3) is 0 Å². The molecule has 3 nitrogen and oxygen atoms in total. The largest absolute Gasteiger partial charge is 0.356 e. The van der Waals surface area contributed by atoms with Crippen molar-refractivity contribution in [2.45, 2.75) is 39.0 Å². The third-order valence-corrected chi connectivity index (χ3v) is 3.53. The Kier molecular flexibility index (Phi) is 7.19. The number of nitrogens with one attached hydrogen (secondary N) is 1. The van der Waals surface area contributed by atoms with Crippen molar-refractivity contribution >= 4 is 5.91 Å². The second-order valence-corrected chi connectivity index (χ2v) is 5.22. The van der Waals surface area contributed by atoms with E-state index in [0.717, 1.165) is 25.8 Å². The summed E-state index contributed by atoms with van der Waals surface area (Å²) in [5.41, 5.74) is 6.78. The van der Waals surface area contributed by atoms with Gasteiger partial charge < -0.3 is 11.1 Å². The molecule has 3 heteroatoms. The van der Waals surface area contributed by atoms with Gasteiger partial charge in [-0.05, 0) is 37.3 Å². The molecule has 0 aliphatic rings. The van der Waals surface area contributed by atoms with Crippen LogP contribution in [0, 0.1) is 5.92 Å². The summed E-state index contributed by atoms with van der Waals surface area (Å²) in [6.07, 6.45) is 2.75. The number of benzene rings is 1. The van der Waals surface area contributed by atoms with Gasteiger partial charge >= 0.3 is 0 Å². The Morgan fingerprint density at radius 2 is 1.89 bits per heavy atom. The number of carbonyl (C=O) groups is 1. The first-order chi connectivity index (χ1) is 9.15. The Bertz CT molecular complexity index is 364. The van der Waals surface area contributed by atoms with E-state index in [1.165, 1.54) is 5.56 Å². The van der Waals surface area contributed by atoms with Crippen LogP contribution in [0.1, 0.15) is 44.6 Å². The summed E-state index contributed by atoms with van der Waals surface area (Å²) in [5.74, 6) is 0.685. The topological polar surface area (TPSA) is 55.1 Å². The van der Waals surface area contributed by atoms with Gasteiger partial charge in [-0.25, -0.2) is 0 Å². The first-order valence-electron chi connectivity index (χ1n) is 7.18. The highest BCUT2D eigenvalue weighted by molar-refractivity contribution is 5.78. The summed E-state index contributed by atoms with van der Waals surface area (Å²) in [5, 5.41) is 3.01. The molecule has 0 spiro atoms. The van der Waals surface area contributed by atoms with Crippen molar-refractivity contribution in [3.8, 4) is 0 Å². The minimum atomic E-state index is 0.0654. The first kappa shape index (κ1) is 15.7. The fraction of sp³-hybridized carbons (Fsp3) is 0.562. The van der Waals surface area contributed by atoms with Gasteiger partial charge in [0.2, 0.25) is 5.91 Å². The lowest BCUT2D eigenvalue weighted by atomic mass is 9.98.